The van der Waals surface area contributed by atoms with Crippen LogP contribution in [-0.4, -0.2) is 39.5 Å². The van der Waals surface area contributed by atoms with Crippen LogP contribution in [0.4, 0.5) is 0 Å². The van der Waals surface area contributed by atoms with Crippen LogP contribution in [0.1, 0.15) is 29.8 Å². The molecule has 1 aromatic rings. The first-order chi connectivity index (χ1) is 8.18. The zero-order chi connectivity index (χ0) is 12.3. The zero-order valence-corrected chi connectivity index (χ0v) is 9.37. The van der Waals surface area contributed by atoms with Gasteiger partial charge in [-0.15, -0.1) is 0 Å². The monoisotopic (exact) mass is 234 g/mol. The summed E-state index contributed by atoms with van der Waals surface area (Å²) < 4.78 is 0. The summed E-state index contributed by atoms with van der Waals surface area (Å²) in [5, 5.41) is 8.66. The number of rotatable bonds is 5. The Hall–Kier alpha value is -1.91. The number of carbonyl (C=O) groups is 2. The van der Waals surface area contributed by atoms with Crippen molar-refractivity contribution in [3.05, 3.63) is 30.1 Å². The van der Waals surface area contributed by atoms with Gasteiger partial charge >= 0.3 is 5.97 Å². The molecule has 5 nitrogen and oxygen atoms in total. The lowest BCUT2D eigenvalue weighted by Crippen LogP contribution is -2.35. The number of nitrogens with zero attached hydrogens (tertiary/aromatic N) is 2. The summed E-state index contributed by atoms with van der Waals surface area (Å²) in [5.41, 5.74) is 0.379. The molecular weight excluding hydrogens is 220 g/mol. The fourth-order valence-corrected chi connectivity index (χ4v) is 1.69. The van der Waals surface area contributed by atoms with E-state index in [0.717, 1.165) is 12.8 Å². The van der Waals surface area contributed by atoms with Crippen molar-refractivity contribution < 1.29 is 14.7 Å². The third-order valence-electron chi connectivity index (χ3n) is 2.70. The molecule has 90 valence electrons. The molecule has 0 spiro atoms. The molecule has 0 saturated heterocycles. The molecule has 1 saturated carbocycles. The molecule has 2 rings (SSSR count). The highest BCUT2D eigenvalue weighted by molar-refractivity contribution is 5.92. The number of pyridine rings is 1. The topological polar surface area (TPSA) is 70.5 Å². The summed E-state index contributed by atoms with van der Waals surface area (Å²) in [6.07, 6.45) is 3.46. The van der Waals surface area contributed by atoms with Crippen molar-refractivity contribution >= 4 is 11.9 Å². The van der Waals surface area contributed by atoms with Gasteiger partial charge in [-0.3, -0.25) is 14.6 Å². The van der Waals surface area contributed by atoms with Crippen LogP contribution in [0.5, 0.6) is 0 Å². The lowest BCUT2D eigenvalue weighted by molar-refractivity contribution is -0.137. The van der Waals surface area contributed by atoms with E-state index in [1.807, 2.05) is 0 Å². The Morgan fingerprint density at radius 1 is 1.41 bits per heavy atom. The fraction of sp³-hybridized carbons (Fsp3) is 0.417. The Labute approximate surface area is 99.1 Å². The molecule has 1 N–H and O–H groups in total. The first kappa shape index (κ1) is 11.6. The highest BCUT2D eigenvalue weighted by Gasteiger charge is 2.33. The molecule has 0 radical (unpaired) electrons. The van der Waals surface area contributed by atoms with Crippen LogP contribution < -0.4 is 0 Å². The summed E-state index contributed by atoms with van der Waals surface area (Å²) in [6, 6.07) is 5.35. The van der Waals surface area contributed by atoms with Gasteiger partial charge in [0.15, 0.2) is 0 Å². The van der Waals surface area contributed by atoms with Gasteiger partial charge in [-0.1, -0.05) is 6.07 Å². The molecular formula is C12H14N2O3. The van der Waals surface area contributed by atoms with Crippen LogP contribution >= 0.6 is 0 Å². The second-order valence-electron chi connectivity index (χ2n) is 4.09. The van der Waals surface area contributed by atoms with Gasteiger partial charge in [0, 0.05) is 18.8 Å². The standard InChI is InChI=1S/C12H14N2O3/c15-11(16)6-8-14(9-4-5-9)12(17)10-3-1-2-7-13-10/h1-3,7,9H,4-6,8H2,(H,15,16). The number of carbonyl (C=O) groups excluding carboxylic acids is 1. The van der Waals surface area contributed by atoms with E-state index < -0.39 is 5.97 Å². The average molecular weight is 234 g/mol. The number of aromatic nitrogens is 1. The van der Waals surface area contributed by atoms with Crippen LogP contribution in [-0.2, 0) is 4.79 Å². The minimum Gasteiger partial charge on any atom is -0.481 e. The molecule has 1 aromatic heterocycles. The van der Waals surface area contributed by atoms with Crippen LogP contribution in [0.25, 0.3) is 0 Å². The minimum absolute atomic E-state index is 0.0188. The Bertz CT molecular complexity index is 415. The van der Waals surface area contributed by atoms with Gasteiger partial charge in [-0.2, -0.15) is 0 Å². The molecule has 5 heteroatoms. The maximum atomic E-state index is 12.1. The second-order valence-corrected chi connectivity index (χ2v) is 4.09. The first-order valence-electron chi connectivity index (χ1n) is 5.62. The Morgan fingerprint density at radius 3 is 2.71 bits per heavy atom. The molecule has 1 aliphatic rings. The van der Waals surface area contributed by atoms with Crippen molar-refractivity contribution in [2.75, 3.05) is 6.54 Å². The van der Waals surface area contributed by atoms with Crippen LogP contribution in [0.15, 0.2) is 24.4 Å². The molecule has 1 heterocycles. The van der Waals surface area contributed by atoms with Crippen LogP contribution in [0, 0.1) is 0 Å². The summed E-state index contributed by atoms with van der Waals surface area (Å²) in [4.78, 5) is 28.3. The molecule has 0 unspecified atom stereocenters. The zero-order valence-electron chi connectivity index (χ0n) is 9.37. The van der Waals surface area contributed by atoms with Gasteiger partial charge < -0.3 is 10.0 Å². The first-order valence-corrected chi connectivity index (χ1v) is 5.62. The minimum atomic E-state index is -0.885. The largest absolute Gasteiger partial charge is 0.481 e. The molecule has 0 bridgehead atoms. The lowest BCUT2D eigenvalue weighted by atomic mass is 10.3. The second kappa shape index (κ2) is 4.95. The summed E-state index contributed by atoms with van der Waals surface area (Å²) in [6.45, 7) is 0.259. The quantitative estimate of drug-likeness (QED) is 0.830. The normalized spacial score (nSPS) is 14.4. The van der Waals surface area contributed by atoms with E-state index in [1.54, 1.807) is 29.3 Å². The van der Waals surface area contributed by atoms with Gasteiger partial charge in [0.05, 0.1) is 6.42 Å². The van der Waals surface area contributed by atoms with E-state index in [2.05, 4.69) is 4.98 Å². The fourth-order valence-electron chi connectivity index (χ4n) is 1.69. The molecule has 1 fully saturated rings. The summed E-state index contributed by atoms with van der Waals surface area (Å²) in [5.74, 6) is -1.06. The van der Waals surface area contributed by atoms with Crippen molar-refractivity contribution in [3.8, 4) is 0 Å². The molecule has 1 amide bonds. The highest BCUT2D eigenvalue weighted by atomic mass is 16.4. The molecule has 0 aromatic carbocycles. The van der Waals surface area contributed by atoms with Crippen molar-refractivity contribution in [3.63, 3.8) is 0 Å². The Kier molecular flexibility index (Phi) is 3.37. The molecule has 0 atom stereocenters. The average Bonchev–Trinajstić information content (AvgIpc) is 3.14. The van der Waals surface area contributed by atoms with E-state index in [1.165, 1.54) is 0 Å². The van der Waals surface area contributed by atoms with Crippen LogP contribution in [0.3, 0.4) is 0 Å². The van der Waals surface area contributed by atoms with E-state index >= 15 is 0 Å². The van der Waals surface area contributed by atoms with Crippen molar-refractivity contribution in [2.24, 2.45) is 0 Å². The predicted molar refractivity (Wildman–Crippen MR) is 60.5 cm³/mol. The Balaban J connectivity index is 2.05. The van der Waals surface area contributed by atoms with Gasteiger partial charge in [0.25, 0.3) is 5.91 Å². The molecule has 1 aliphatic carbocycles. The third kappa shape index (κ3) is 3.03. The van der Waals surface area contributed by atoms with Gasteiger partial charge in [-0.25, -0.2) is 0 Å². The summed E-state index contributed by atoms with van der Waals surface area (Å²) >= 11 is 0. The summed E-state index contributed by atoms with van der Waals surface area (Å²) in [7, 11) is 0. The number of hydrogen-bond acceptors (Lipinski definition) is 3. The van der Waals surface area contributed by atoms with Gasteiger partial charge in [0.2, 0.25) is 0 Å². The van der Waals surface area contributed by atoms with Crippen molar-refractivity contribution in [1.82, 2.24) is 9.88 Å². The SMILES string of the molecule is O=C(O)CCN(C(=O)c1ccccn1)C1CC1. The number of amides is 1. The number of hydrogen-bond donors (Lipinski definition) is 1. The smallest absolute Gasteiger partial charge is 0.305 e. The Morgan fingerprint density at radius 2 is 2.18 bits per heavy atom. The third-order valence-corrected chi connectivity index (χ3v) is 2.70. The number of aliphatic carboxylic acids is 1. The molecule has 0 aliphatic heterocycles. The van der Waals surface area contributed by atoms with E-state index in [-0.39, 0.29) is 24.9 Å². The highest BCUT2D eigenvalue weighted by Crippen LogP contribution is 2.28. The lowest BCUT2D eigenvalue weighted by Gasteiger charge is -2.20. The van der Waals surface area contributed by atoms with Gasteiger partial charge in [-0.05, 0) is 25.0 Å². The maximum Gasteiger partial charge on any atom is 0.305 e. The molecule has 17 heavy (non-hydrogen) atoms. The van der Waals surface area contributed by atoms with Crippen LogP contribution in [0.2, 0.25) is 0 Å². The van der Waals surface area contributed by atoms with E-state index in [4.69, 9.17) is 5.11 Å². The maximum absolute atomic E-state index is 12.1. The van der Waals surface area contributed by atoms with E-state index in [9.17, 15) is 9.59 Å². The predicted octanol–water partition coefficient (Wildman–Crippen LogP) is 1.16. The number of carboxylic acid groups (broad SMARTS) is 1. The van der Waals surface area contributed by atoms with Crippen molar-refractivity contribution in [2.45, 2.75) is 25.3 Å². The number of carboxylic acids is 1. The van der Waals surface area contributed by atoms with Crippen molar-refractivity contribution in [1.29, 1.82) is 0 Å². The van der Waals surface area contributed by atoms with E-state index in [0.29, 0.717) is 5.69 Å². The van der Waals surface area contributed by atoms with Gasteiger partial charge in [0.1, 0.15) is 5.69 Å².